The van der Waals surface area contributed by atoms with E-state index >= 15 is 0 Å². The van der Waals surface area contributed by atoms with Crippen LogP contribution in [0.5, 0.6) is 0 Å². The minimum Gasteiger partial charge on any atom is -0.469 e. The Morgan fingerprint density at radius 2 is 1.93 bits per heavy atom. The van der Waals surface area contributed by atoms with Gasteiger partial charge in [0.25, 0.3) is 5.95 Å². The van der Waals surface area contributed by atoms with Gasteiger partial charge in [-0.25, -0.2) is 0 Å². The number of allylic oxidation sites excluding steroid dienone is 1. The van der Waals surface area contributed by atoms with Crippen molar-refractivity contribution in [3.05, 3.63) is 23.2 Å². The van der Waals surface area contributed by atoms with Gasteiger partial charge in [-0.15, -0.1) is 0 Å². The van der Waals surface area contributed by atoms with Gasteiger partial charge in [0.1, 0.15) is 5.60 Å². The van der Waals surface area contributed by atoms with Gasteiger partial charge < -0.3 is 24.4 Å². The normalized spacial score (nSPS) is 49.7. The van der Waals surface area contributed by atoms with Gasteiger partial charge in [0, 0.05) is 5.41 Å². The van der Waals surface area contributed by atoms with Crippen LogP contribution >= 0.6 is 0 Å². The lowest BCUT2D eigenvalue weighted by atomic mass is 9.47. The molecule has 1 aliphatic heterocycles. The zero-order valence-corrected chi connectivity index (χ0v) is 18.2. The van der Waals surface area contributed by atoms with Gasteiger partial charge in [0.05, 0.1) is 38.6 Å². The molecule has 0 unspecified atom stereocenters. The fraction of sp³-hybridized carbons (Fsp3) is 0.833. The fourth-order valence-corrected chi connectivity index (χ4v) is 8.27. The minimum atomic E-state index is -0.438. The molecule has 0 aromatic rings. The van der Waals surface area contributed by atoms with Crippen LogP contribution in [0.15, 0.2) is 23.2 Å². The fourth-order valence-electron chi connectivity index (χ4n) is 8.27. The van der Waals surface area contributed by atoms with E-state index in [1.54, 1.807) is 14.2 Å². The Kier molecular flexibility index (Phi) is 4.44. The molecule has 0 spiro atoms. The summed E-state index contributed by atoms with van der Waals surface area (Å²) in [6, 6.07) is 0. The first-order valence-electron chi connectivity index (χ1n) is 11.3. The van der Waals surface area contributed by atoms with Crippen LogP contribution in [0.25, 0.3) is 0 Å². The minimum absolute atomic E-state index is 0.00487. The van der Waals surface area contributed by atoms with E-state index in [4.69, 9.17) is 14.2 Å². The van der Waals surface area contributed by atoms with Crippen molar-refractivity contribution in [3.63, 3.8) is 0 Å². The van der Waals surface area contributed by atoms with Crippen LogP contribution in [-0.4, -0.2) is 48.8 Å². The summed E-state index contributed by atoms with van der Waals surface area (Å²) in [6.45, 7) is 4.74. The molecule has 0 amide bonds. The molecular formula is C24H36O5. The third kappa shape index (κ3) is 2.38. The molecule has 162 valence electrons. The molecular weight excluding hydrogens is 368 g/mol. The Morgan fingerprint density at radius 1 is 1.17 bits per heavy atom. The molecule has 0 aromatic heterocycles. The van der Waals surface area contributed by atoms with Crippen LogP contribution in [-0.2, 0) is 14.2 Å². The Labute approximate surface area is 174 Å². The third-order valence-electron chi connectivity index (χ3n) is 9.73. The van der Waals surface area contributed by atoms with Crippen LogP contribution in [0.4, 0.5) is 0 Å². The maximum atomic E-state index is 10.2. The average Bonchev–Trinajstić information content (AvgIpc) is 3.37. The SMILES string of the molecule is COC(OC)=C(CO)[C@@]12O[C@@H]1C[C@@H]1[C@H]3CC=C4C[C@H](O)CC[C@]4(C)[C@H]3CC[C@@]12C. The van der Waals surface area contributed by atoms with Crippen molar-refractivity contribution in [2.24, 2.45) is 28.6 Å². The molecule has 3 saturated carbocycles. The first kappa shape index (κ1) is 19.9. The molecule has 1 saturated heterocycles. The van der Waals surface area contributed by atoms with E-state index in [0.717, 1.165) is 44.1 Å². The van der Waals surface area contributed by atoms with Gasteiger partial charge in [-0.1, -0.05) is 25.5 Å². The number of rotatable bonds is 4. The first-order chi connectivity index (χ1) is 13.9. The Morgan fingerprint density at radius 3 is 2.62 bits per heavy atom. The smallest absolute Gasteiger partial charge is 0.283 e. The van der Waals surface area contributed by atoms with Gasteiger partial charge >= 0.3 is 0 Å². The second-order valence-electron chi connectivity index (χ2n) is 10.5. The Balaban J connectivity index is 1.51. The zero-order chi connectivity index (χ0) is 20.6. The summed E-state index contributed by atoms with van der Waals surface area (Å²) in [5, 5.41) is 20.4. The van der Waals surface area contributed by atoms with Crippen molar-refractivity contribution >= 4 is 0 Å². The predicted molar refractivity (Wildman–Crippen MR) is 109 cm³/mol. The highest BCUT2D eigenvalue weighted by Crippen LogP contribution is 2.75. The summed E-state index contributed by atoms with van der Waals surface area (Å²) in [7, 11) is 3.19. The summed E-state index contributed by atoms with van der Waals surface area (Å²) in [4.78, 5) is 0. The molecule has 29 heavy (non-hydrogen) atoms. The van der Waals surface area contributed by atoms with E-state index in [1.165, 1.54) is 12.0 Å². The van der Waals surface area contributed by atoms with Crippen molar-refractivity contribution in [2.75, 3.05) is 20.8 Å². The number of epoxide rings is 1. The molecule has 1 heterocycles. The molecule has 2 N–H and O–H groups in total. The zero-order valence-electron chi connectivity index (χ0n) is 18.2. The molecule has 5 aliphatic rings. The van der Waals surface area contributed by atoms with E-state index in [2.05, 4.69) is 19.9 Å². The Hall–Kier alpha value is -1.04. The average molecular weight is 405 g/mol. The molecule has 4 fully saturated rings. The molecule has 5 heteroatoms. The van der Waals surface area contributed by atoms with E-state index in [0.29, 0.717) is 23.7 Å². The van der Waals surface area contributed by atoms with Crippen LogP contribution in [0.2, 0.25) is 0 Å². The maximum absolute atomic E-state index is 10.2. The standard InChI is InChI=1S/C24H36O5/c1-22-9-7-15(26)11-14(22)5-6-16-17(22)8-10-23(2)18(16)12-20-24(23,29-20)19(13-25)21(27-3)28-4/h5,15-18,20,25-26H,6-13H2,1-4H3/t15-,16+,17+,18-,20-,22+,23+,24-/m1/s1. The maximum Gasteiger partial charge on any atom is 0.283 e. The first-order valence-corrected chi connectivity index (χ1v) is 11.3. The second-order valence-corrected chi connectivity index (χ2v) is 10.5. The monoisotopic (exact) mass is 404 g/mol. The highest BCUT2D eigenvalue weighted by Gasteiger charge is 2.79. The van der Waals surface area contributed by atoms with E-state index in [-0.39, 0.29) is 29.6 Å². The summed E-state index contributed by atoms with van der Waals surface area (Å²) < 4.78 is 17.3. The van der Waals surface area contributed by atoms with Gasteiger partial charge in [0.2, 0.25) is 0 Å². The largest absolute Gasteiger partial charge is 0.469 e. The number of hydrogen-bond acceptors (Lipinski definition) is 5. The second kappa shape index (κ2) is 6.48. The number of ether oxygens (including phenoxy) is 3. The number of methoxy groups -OCH3 is 2. The van der Waals surface area contributed by atoms with Crippen LogP contribution in [0.3, 0.4) is 0 Å². The highest BCUT2D eigenvalue weighted by molar-refractivity contribution is 5.40. The molecule has 8 atom stereocenters. The number of hydrogen-bond donors (Lipinski definition) is 2. The summed E-state index contributed by atoms with van der Waals surface area (Å²) >= 11 is 0. The summed E-state index contributed by atoms with van der Waals surface area (Å²) in [5.41, 5.74) is 2.09. The van der Waals surface area contributed by atoms with Crippen molar-refractivity contribution < 1.29 is 24.4 Å². The van der Waals surface area contributed by atoms with Crippen LogP contribution in [0.1, 0.15) is 58.8 Å². The van der Waals surface area contributed by atoms with Gasteiger partial charge in [-0.05, 0) is 68.1 Å². The molecule has 5 rings (SSSR count). The molecule has 0 aromatic carbocycles. The van der Waals surface area contributed by atoms with E-state index in [1.807, 2.05) is 0 Å². The molecule has 0 radical (unpaired) electrons. The topological polar surface area (TPSA) is 71.5 Å². The van der Waals surface area contributed by atoms with Gasteiger partial charge in [-0.3, -0.25) is 0 Å². The lowest BCUT2D eigenvalue weighted by molar-refractivity contribution is -0.0791. The third-order valence-corrected chi connectivity index (χ3v) is 9.73. The number of aliphatic hydroxyl groups is 2. The molecule has 4 aliphatic carbocycles. The lowest BCUT2D eigenvalue weighted by Crippen LogP contribution is -2.53. The van der Waals surface area contributed by atoms with Crippen molar-refractivity contribution in [3.8, 4) is 0 Å². The van der Waals surface area contributed by atoms with E-state index < -0.39 is 5.60 Å². The van der Waals surface area contributed by atoms with E-state index in [9.17, 15) is 10.2 Å². The summed E-state index contributed by atoms with van der Waals surface area (Å²) in [5.74, 6) is 2.34. The predicted octanol–water partition coefficient (Wildman–Crippen LogP) is 3.55. The van der Waals surface area contributed by atoms with Crippen molar-refractivity contribution in [2.45, 2.75) is 76.6 Å². The number of fused-ring (bicyclic) bond motifs is 7. The van der Waals surface area contributed by atoms with Gasteiger partial charge in [0.15, 0.2) is 0 Å². The van der Waals surface area contributed by atoms with Crippen molar-refractivity contribution in [1.29, 1.82) is 0 Å². The summed E-state index contributed by atoms with van der Waals surface area (Å²) in [6.07, 6.45) is 9.82. The van der Waals surface area contributed by atoms with Gasteiger partial charge in [-0.2, -0.15) is 0 Å². The highest BCUT2D eigenvalue weighted by atomic mass is 16.7. The lowest BCUT2D eigenvalue weighted by Gasteiger charge is -2.58. The quantitative estimate of drug-likeness (QED) is 0.426. The molecule has 0 bridgehead atoms. The van der Waals surface area contributed by atoms with Crippen LogP contribution in [0, 0.1) is 28.6 Å². The van der Waals surface area contributed by atoms with Crippen molar-refractivity contribution in [1.82, 2.24) is 0 Å². The Bertz CT molecular complexity index is 752. The van der Waals surface area contributed by atoms with Crippen LogP contribution < -0.4 is 0 Å². The number of aliphatic hydroxyl groups excluding tert-OH is 2. The molecule has 5 nitrogen and oxygen atoms in total.